The van der Waals surface area contributed by atoms with Crippen LogP contribution in [0.15, 0.2) is 41.2 Å². The summed E-state index contributed by atoms with van der Waals surface area (Å²) in [5.74, 6) is -3.81. The Kier molecular flexibility index (Phi) is 6.73. The number of ether oxygens (including phenoxy) is 1. The van der Waals surface area contributed by atoms with Gasteiger partial charge in [-0.2, -0.15) is 14.0 Å². The van der Waals surface area contributed by atoms with Crippen LogP contribution >= 0.6 is 0 Å². The lowest BCUT2D eigenvalue weighted by molar-refractivity contribution is -0.0795. The molecule has 1 aromatic carbocycles. The smallest absolute Gasteiger partial charge is 0.298 e. The van der Waals surface area contributed by atoms with Crippen molar-refractivity contribution in [3.63, 3.8) is 0 Å². The number of aryl methyl sites for hydroxylation is 2. The minimum Gasteiger partial charge on any atom is -0.371 e. The van der Waals surface area contributed by atoms with Gasteiger partial charge in [-0.05, 0) is 51.7 Å². The molecule has 2 aliphatic rings. The minimum absolute atomic E-state index is 0.0387. The van der Waals surface area contributed by atoms with Crippen LogP contribution in [0.2, 0.25) is 0 Å². The maximum Gasteiger partial charge on any atom is 0.298 e. The number of alkyl halides is 2. The van der Waals surface area contributed by atoms with Gasteiger partial charge in [-0.15, -0.1) is 0 Å². The number of nitrogens with zero attached hydrogens (tertiary/aromatic N) is 4. The van der Waals surface area contributed by atoms with E-state index in [1.54, 1.807) is 36.6 Å². The number of nitrogens with one attached hydrogen (secondary N) is 1. The third-order valence-corrected chi connectivity index (χ3v) is 7.20. The Morgan fingerprint density at radius 3 is 2.74 bits per heavy atom. The lowest BCUT2D eigenvalue weighted by atomic mass is 9.97. The van der Waals surface area contributed by atoms with E-state index in [0.717, 1.165) is 6.07 Å². The van der Waals surface area contributed by atoms with Crippen LogP contribution in [0.25, 0.3) is 11.0 Å². The number of pyridine rings is 1. The summed E-state index contributed by atoms with van der Waals surface area (Å²) in [6.07, 6.45) is 5.77. The van der Waals surface area contributed by atoms with E-state index in [-0.39, 0.29) is 17.7 Å². The van der Waals surface area contributed by atoms with Gasteiger partial charge in [-0.3, -0.25) is 9.36 Å². The molecule has 7 nitrogen and oxygen atoms in total. The third kappa shape index (κ3) is 4.67. The topological polar surface area (TPSA) is 92.8 Å². The fraction of sp³-hybridized carbons (Fsp3) is 0.429. The van der Waals surface area contributed by atoms with Gasteiger partial charge in [0.15, 0.2) is 0 Å². The van der Waals surface area contributed by atoms with Gasteiger partial charge >= 0.3 is 0 Å². The Labute approximate surface area is 218 Å². The first-order valence-corrected chi connectivity index (χ1v) is 12.7. The molecule has 5 rings (SSSR count). The maximum absolute atomic E-state index is 15.4. The van der Waals surface area contributed by atoms with Crippen molar-refractivity contribution in [3.8, 4) is 6.07 Å². The molecule has 1 aliphatic carbocycles. The predicted molar refractivity (Wildman–Crippen MR) is 137 cm³/mol. The van der Waals surface area contributed by atoms with Crippen molar-refractivity contribution in [1.82, 2.24) is 14.5 Å². The zero-order chi connectivity index (χ0) is 27.1. The number of hydrogen-bond donors (Lipinski definition) is 1. The fourth-order valence-electron chi connectivity index (χ4n) is 4.92. The van der Waals surface area contributed by atoms with Crippen molar-refractivity contribution in [2.75, 3.05) is 18.5 Å². The Balaban J connectivity index is 1.70. The SMILES string of the molecule is Cc1nc2c3cc(C4(C#N)CC4)c(=O)n(c3n1)CCC/C=C\COCC(F)(F)c1cccc(c1F)[C@@H](C)N2. The highest BCUT2D eigenvalue weighted by molar-refractivity contribution is 5.88. The molecular formula is C28H28F3N5O2. The van der Waals surface area contributed by atoms with Gasteiger partial charge < -0.3 is 10.1 Å². The van der Waals surface area contributed by atoms with Gasteiger partial charge in [0, 0.05) is 17.7 Å². The molecule has 38 heavy (non-hydrogen) atoms. The molecule has 1 atom stereocenters. The molecule has 0 radical (unpaired) electrons. The number of aromatic nitrogens is 3. The van der Waals surface area contributed by atoms with E-state index < -0.39 is 35.4 Å². The molecule has 1 saturated carbocycles. The highest BCUT2D eigenvalue weighted by atomic mass is 19.3. The van der Waals surface area contributed by atoms with E-state index in [1.165, 1.54) is 12.1 Å². The predicted octanol–water partition coefficient (Wildman–Crippen LogP) is 5.43. The number of anilines is 1. The first-order valence-electron chi connectivity index (χ1n) is 12.7. The van der Waals surface area contributed by atoms with E-state index >= 15 is 4.39 Å². The van der Waals surface area contributed by atoms with E-state index in [9.17, 15) is 18.8 Å². The number of hydrogen-bond acceptors (Lipinski definition) is 6. The van der Waals surface area contributed by atoms with Crippen LogP contribution in [0.3, 0.4) is 0 Å². The number of rotatable bonds is 1. The largest absolute Gasteiger partial charge is 0.371 e. The summed E-state index contributed by atoms with van der Waals surface area (Å²) in [5, 5.41) is 13.5. The van der Waals surface area contributed by atoms with E-state index in [4.69, 9.17) is 4.74 Å². The number of allylic oxidation sites excluding steroid dienone is 1. The van der Waals surface area contributed by atoms with Crippen molar-refractivity contribution in [2.45, 2.75) is 63.5 Å². The summed E-state index contributed by atoms with van der Waals surface area (Å²) in [6.45, 7) is 2.68. The maximum atomic E-state index is 15.4. The number of fused-ring (bicyclic) bond motifs is 2. The molecule has 6 bridgehead atoms. The van der Waals surface area contributed by atoms with Gasteiger partial charge in [-0.25, -0.2) is 14.4 Å². The normalized spacial score (nSPS) is 21.6. The van der Waals surface area contributed by atoms with E-state index in [2.05, 4.69) is 21.4 Å². The molecule has 3 heterocycles. The molecule has 3 aromatic rings. The summed E-state index contributed by atoms with van der Waals surface area (Å²) in [5.41, 5.74) is -1.00. The van der Waals surface area contributed by atoms with Gasteiger partial charge in [0.05, 0.1) is 35.1 Å². The van der Waals surface area contributed by atoms with Gasteiger partial charge in [0.25, 0.3) is 11.5 Å². The highest BCUT2D eigenvalue weighted by Crippen LogP contribution is 2.47. The Morgan fingerprint density at radius 2 is 2.00 bits per heavy atom. The minimum atomic E-state index is -3.52. The Hall–Kier alpha value is -3.71. The summed E-state index contributed by atoms with van der Waals surface area (Å²) in [7, 11) is 0. The van der Waals surface area contributed by atoms with Crippen molar-refractivity contribution in [1.29, 1.82) is 5.26 Å². The van der Waals surface area contributed by atoms with Crippen LogP contribution in [-0.4, -0.2) is 27.7 Å². The standard InChI is InChI=1S/C28H28F3N5O2/c1-17-19-8-7-9-21(23(19)29)28(30,31)16-38-13-6-4-3-5-12-36-25-20(24(33-17)34-18(2)35-25)14-22(26(36)37)27(15-32)10-11-27/h4,6-9,14,17H,3,5,10-13,16H2,1-2H3,(H,33,34,35)/b6-4-/t17-/m1/s1. The van der Waals surface area contributed by atoms with Crippen molar-refractivity contribution in [2.24, 2.45) is 0 Å². The second-order valence-corrected chi connectivity index (χ2v) is 9.97. The molecule has 0 unspecified atom stereocenters. The monoisotopic (exact) mass is 523 g/mol. The van der Waals surface area contributed by atoms with E-state index in [0.29, 0.717) is 60.5 Å². The summed E-state index contributed by atoms with van der Waals surface area (Å²) in [4.78, 5) is 22.7. The summed E-state index contributed by atoms with van der Waals surface area (Å²) >= 11 is 0. The summed E-state index contributed by atoms with van der Waals surface area (Å²) in [6, 6.07) is 7.11. The second kappa shape index (κ2) is 9.87. The zero-order valence-electron chi connectivity index (χ0n) is 21.2. The molecule has 1 fully saturated rings. The number of benzene rings is 1. The van der Waals surface area contributed by atoms with Crippen molar-refractivity contribution < 1.29 is 17.9 Å². The van der Waals surface area contributed by atoms with Crippen LogP contribution in [0.4, 0.5) is 19.0 Å². The summed E-state index contributed by atoms with van der Waals surface area (Å²) < 4.78 is 51.9. The van der Waals surface area contributed by atoms with Crippen LogP contribution < -0.4 is 10.9 Å². The third-order valence-electron chi connectivity index (χ3n) is 7.20. The number of halogens is 3. The quantitative estimate of drug-likeness (QED) is 0.428. The molecule has 0 amide bonds. The molecule has 1 N–H and O–H groups in total. The molecule has 0 saturated heterocycles. The van der Waals surface area contributed by atoms with Gasteiger partial charge in [-0.1, -0.05) is 24.3 Å². The average molecular weight is 524 g/mol. The van der Waals surface area contributed by atoms with Crippen molar-refractivity contribution >= 4 is 16.9 Å². The van der Waals surface area contributed by atoms with Crippen LogP contribution in [0.1, 0.15) is 61.2 Å². The lowest BCUT2D eigenvalue weighted by Crippen LogP contribution is -2.29. The van der Waals surface area contributed by atoms with Crippen LogP contribution in [0.5, 0.6) is 0 Å². The van der Waals surface area contributed by atoms with Gasteiger partial charge in [0.1, 0.15) is 29.7 Å². The zero-order valence-corrected chi connectivity index (χ0v) is 21.2. The van der Waals surface area contributed by atoms with Crippen molar-refractivity contribution in [3.05, 3.63) is 75.1 Å². The molecule has 1 aliphatic heterocycles. The second-order valence-electron chi connectivity index (χ2n) is 9.97. The number of nitriles is 1. The lowest BCUT2D eigenvalue weighted by Gasteiger charge is -2.23. The Morgan fingerprint density at radius 1 is 1.21 bits per heavy atom. The molecule has 10 heteroatoms. The molecule has 2 aromatic heterocycles. The van der Waals surface area contributed by atoms with Crippen LogP contribution in [0, 0.1) is 24.1 Å². The van der Waals surface area contributed by atoms with Gasteiger partial charge in [0.2, 0.25) is 0 Å². The average Bonchev–Trinajstić information content (AvgIpc) is 3.67. The molecule has 198 valence electrons. The Bertz CT molecular complexity index is 1520. The van der Waals surface area contributed by atoms with Crippen LogP contribution in [-0.2, 0) is 22.6 Å². The molecule has 0 spiro atoms. The molecular weight excluding hydrogens is 495 g/mol. The fourth-order valence-corrected chi connectivity index (χ4v) is 4.92. The highest BCUT2D eigenvalue weighted by Gasteiger charge is 2.47. The van der Waals surface area contributed by atoms with E-state index in [1.807, 2.05) is 0 Å². The first-order chi connectivity index (χ1) is 18.2. The first kappa shape index (κ1) is 25.9.